The van der Waals surface area contributed by atoms with Gasteiger partial charge in [0.05, 0.1) is 0 Å². The number of benzene rings is 1. The number of carbonyl (C=O) groups excluding carboxylic acids is 1. The summed E-state index contributed by atoms with van der Waals surface area (Å²) in [4.78, 5) is 12.6. The van der Waals surface area contributed by atoms with Crippen LogP contribution in [0.4, 0.5) is 0 Å². The van der Waals surface area contributed by atoms with Gasteiger partial charge < -0.3 is 0 Å². The molecule has 3 aliphatic rings. The van der Waals surface area contributed by atoms with Crippen LogP contribution in [0, 0.1) is 11.8 Å². The van der Waals surface area contributed by atoms with Gasteiger partial charge in [0, 0.05) is 0 Å². The van der Waals surface area contributed by atoms with Crippen molar-refractivity contribution in [3.05, 3.63) is 42.5 Å². The number of Topliss-reactive ketones (excluding diaryl/α,β-unsaturated/α-hetero) is 1. The first-order valence-corrected chi connectivity index (χ1v) is 8.10. The SMILES string of the molecule is O=C1CCC2C=CC1CC2[Se]c1ccccc1. The van der Waals surface area contributed by atoms with E-state index in [1.54, 1.807) is 0 Å². The average Bonchev–Trinajstić information content (AvgIpc) is 2.62. The van der Waals surface area contributed by atoms with Crippen molar-refractivity contribution in [1.29, 1.82) is 0 Å². The van der Waals surface area contributed by atoms with Gasteiger partial charge in [-0.1, -0.05) is 0 Å². The third kappa shape index (κ3) is 2.38. The molecule has 0 saturated heterocycles. The van der Waals surface area contributed by atoms with Crippen LogP contribution in [-0.4, -0.2) is 20.7 Å². The van der Waals surface area contributed by atoms with E-state index >= 15 is 0 Å². The molecule has 0 spiro atoms. The Morgan fingerprint density at radius 3 is 2.76 bits per heavy atom. The zero-order valence-electron chi connectivity index (χ0n) is 9.71. The summed E-state index contributed by atoms with van der Waals surface area (Å²) in [6.07, 6.45) is 7.44. The summed E-state index contributed by atoms with van der Waals surface area (Å²) >= 11 is 0.513. The van der Waals surface area contributed by atoms with Gasteiger partial charge in [-0.05, 0) is 0 Å². The molecule has 1 saturated carbocycles. The van der Waals surface area contributed by atoms with Crippen molar-refractivity contribution in [3.63, 3.8) is 0 Å². The van der Waals surface area contributed by atoms with Crippen LogP contribution in [0.3, 0.4) is 0 Å². The molecule has 3 atom stereocenters. The molecule has 0 radical (unpaired) electrons. The second kappa shape index (κ2) is 4.80. The predicted molar refractivity (Wildman–Crippen MR) is 70.6 cm³/mol. The van der Waals surface area contributed by atoms with Gasteiger partial charge in [0.15, 0.2) is 0 Å². The Kier molecular flexibility index (Phi) is 3.17. The average molecular weight is 291 g/mol. The molecule has 1 fully saturated rings. The van der Waals surface area contributed by atoms with E-state index in [9.17, 15) is 4.79 Å². The van der Waals surface area contributed by atoms with Crippen molar-refractivity contribution in [1.82, 2.24) is 0 Å². The standard InChI is InChI=1S/C15H16OSe/c16-14-9-8-11-6-7-12(14)10-15(11)17-13-4-2-1-3-5-13/h1-7,11-12,15H,8-10H2. The second-order valence-corrected chi connectivity index (χ2v) is 7.62. The molecule has 0 aromatic heterocycles. The monoisotopic (exact) mass is 292 g/mol. The van der Waals surface area contributed by atoms with Gasteiger partial charge in [0.25, 0.3) is 0 Å². The molecule has 1 aromatic rings. The Labute approximate surface area is 108 Å². The summed E-state index contributed by atoms with van der Waals surface area (Å²) in [6, 6.07) is 10.8. The first kappa shape index (κ1) is 11.3. The molecule has 0 amide bonds. The first-order valence-electron chi connectivity index (χ1n) is 6.25. The van der Waals surface area contributed by atoms with E-state index in [1.807, 2.05) is 0 Å². The molecule has 2 bridgehead atoms. The van der Waals surface area contributed by atoms with Crippen LogP contribution in [0.5, 0.6) is 0 Å². The molecule has 3 aliphatic carbocycles. The zero-order valence-corrected chi connectivity index (χ0v) is 11.4. The molecule has 1 aromatic carbocycles. The Bertz CT molecular complexity index is 437. The topological polar surface area (TPSA) is 17.1 Å². The maximum atomic E-state index is 11.8. The van der Waals surface area contributed by atoms with E-state index in [0.717, 1.165) is 24.1 Å². The first-order chi connectivity index (χ1) is 8.33. The van der Waals surface area contributed by atoms with E-state index in [-0.39, 0.29) is 5.92 Å². The number of hydrogen-bond acceptors (Lipinski definition) is 1. The normalized spacial score (nSPS) is 31.5. The quantitative estimate of drug-likeness (QED) is 0.604. The number of rotatable bonds is 2. The number of hydrogen-bond donors (Lipinski definition) is 0. The van der Waals surface area contributed by atoms with Crippen LogP contribution in [0.15, 0.2) is 42.5 Å². The fourth-order valence-corrected chi connectivity index (χ4v) is 5.60. The molecule has 4 rings (SSSR count). The molecular weight excluding hydrogens is 275 g/mol. The summed E-state index contributed by atoms with van der Waals surface area (Å²) in [5, 5.41) is 0. The zero-order chi connectivity index (χ0) is 11.7. The fraction of sp³-hybridized carbons (Fsp3) is 0.400. The van der Waals surface area contributed by atoms with Crippen LogP contribution in [-0.2, 0) is 4.79 Å². The number of fused-ring (bicyclic) bond motifs is 3. The molecule has 88 valence electrons. The van der Waals surface area contributed by atoms with Crippen molar-refractivity contribution < 1.29 is 4.79 Å². The van der Waals surface area contributed by atoms with E-state index in [2.05, 4.69) is 42.5 Å². The van der Waals surface area contributed by atoms with Gasteiger partial charge in [-0.15, -0.1) is 0 Å². The molecule has 0 heterocycles. The van der Waals surface area contributed by atoms with E-state index in [4.69, 9.17) is 0 Å². The van der Waals surface area contributed by atoms with Crippen molar-refractivity contribution in [2.24, 2.45) is 11.8 Å². The van der Waals surface area contributed by atoms with Gasteiger partial charge in [0.1, 0.15) is 0 Å². The molecule has 0 aliphatic heterocycles. The van der Waals surface area contributed by atoms with Crippen LogP contribution in [0.2, 0.25) is 4.82 Å². The van der Waals surface area contributed by atoms with Crippen molar-refractivity contribution in [3.8, 4) is 0 Å². The Balaban J connectivity index is 1.77. The van der Waals surface area contributed by atoms with E-state index in [0.29, 0.717) is 26.7 Å². The second-order valence-electron chi connectivity index (χ2n) is 4.87. The Morgan fingerprint density at radius 2 is 1.94 bits per heavy atom. The van der Waals surface area contributed by atoms with Crippen LogP contribution >= 0.6 is 0 Å². The molecule has 3 unspecified atom stereocenters. The number of ketones is 1. The summed E-state index contributed by atoms with van der Waals surface area (Å²) < 4.78 is 1.47. The van der Waals surface area contributed by atoms with E-state index < -0.39 is 0 Å². The number of allylic oxidation sites excluding steroid dienone is 2. The molecular formula is C15H16OSe. The van der Waals surface area contributed by atoms with Crippen LogP contribution < -0.4 is 4.46 Å². The van der Waals surface area contributed by atoms with Gasteiger partial charge in [-0.2, -0.15) is 0 Å². The molecule has 2 heteroatoms. The summed E-state index contributed by atoms with van der Waals surface area (Å²) in [6.45, 7) is 0. The van der Waals surface area contributed by atoms with E-state index in [1.165, 1.54) is 4.46 Å². The molecule has 1 nitrogen and oxygen atoms in total. The molecule has 0 N–H and O–H groups in total. The Hall–Kier alpha value is -0.851. The summed E-state index contributed by atoms with van der Waals surface area (Å²) in [5.41, 5.74) is 0. The van der Waals surface area contributed by atoms with Gasteiger partial charge in [-0.3, -0.25) is 0 Å². The van der Waals surface area contributed by atoms with Gasteiger partial charge >= 0.3 is 108 Å². The third-order valence-corrected chi connectivity index (χ3v) is 6.64. The summed E-state index contributed by atoms with van der Waals surface area (Å²) in [7, 11) is 0. The minimum atomic E-state index is 0.226. The minimum absolute atomic E-state index is 0.226. The van der Waals surface area contributed by atoms with Crippen LogP contribution in [0.1, 0.15) is 19.3 Å². The van der Waals surface area contributed by atoms with Gasteiger partial charge in [-0.25, -0.2) is 0 Å². The maximum absolute atomic E-state index is 11.8. The van der Waals surface area contributed by atoms with Crippen molar-refractivity contribution >= 4 is 25.2 Å². The summed E-state index contributed by atoms with van der Waals surface area (Å²) in [5.74, 6) is 1.34. The predicted octanol–water partition coefficient (Wildman–Crippen LogP) is 2.36. The number of carbonyl (C=O) groups is 1. The Morgan fingerprint density at radius 1 is 1.12 bits per heavy atom. The third-order valence-electron chi connectivity index (χ3n) is 3.72. The molecule has 17 heavy (non-hydrogen) atoms. The fourth-order valence-electron chi connectivity index (χ4n) is 2.73. The van der Waals surface area contributed by atoms with Crippen molar-refractivity contribution in [2.45, 2.75) is 24.1 Å². The van der Waals surface area contributed by atoms with Crippen molar-refractivity contribution in [2.75, 3.05) is 0 Å². The van der Waals surface area contributed by atoms with Crippen LogP contribution in [0.25, 0.3) is 0 Å². The van der Waals surface area contributed by atoms with Gasteiger partial charge in [0.2, 0.25) is 0 Å².